The first-order chi connectivity index (χ1) is 13.7. The molecule has 1 atom stereocenters. The first-order valence-electron chi connectivity index (χ1n) is 8.72. The fraction of sp³-hybridized carbons (Fsp3) is 0.158. The summed E-state index contributed by atoms with van der Waals surface area (Å²) < 4.78 is 8.10. The Balaban J connectivity index is 1.48. The van der Waals surface area contributed by atoms with E-state index in [2.05, 4.69) is 10.2 Å². The Morgan fingerprint density at radius 1 is 1.21 bits per heavy atom. The van der Waals surface area contributed by atoms with Gasteiger partial charge in [-0.05, 0) is 35.7 Å². The van der Waals surface area contributed by atoms with Crippen LogP contribution in [-0.2, 0) is 11.3 Å². The van der Waals surface area contributed by atoms with Gasteiger partial charge in [0, 0.05) is 12.6 Å². The third kappa shape index (κ3) is 2.76. The van der Waals surface area contributed by atoms with E-state index in [0.717, 1.165) is 15.3 Å². The Labute approximate surface area is 162 Å². The zero-order chi connectivity index (χ0) is 19.1. The summed E-state index contributed by atoms with van der Waals surface area (Å²) >= 11 is 1.57. The van der Waals surface area contributed by atoms with E-state index in [1.165, 1.54) is 9.41 Å². The maximum Gasteiger partial charge on any atom is 0.350 e. The third-order valence-electron chi connectivity index (χ3n) is 4.62. The first-order valence-corrected chi connectivity index (χ1v) is 9.60. The topological polar surface area (TPSA) is 85.1 Å². The summed E-state index contributed by atoms with van der Waals surface area (Å²) in [5.74, 6) is 0.337. The van der Waals surface area contributed by atoms with Gasteiger partial charge in [0.1, 0.15) is 18.3 Å². The number of nitrogens with zero attached hydrogens (tertiary/aromatic N) is 5. The fourth-order valence-electron chi connectivity index (χ4n) is 3.31. The molecule has 0 aliphatic carbocycles. The Kier molecular flexibility index (Phi) is 3.94. The van der Waals surface area contributed by atoms with Crippen molar-refractivity contribution in [1.29, 1.82) is 0 Å². The highest BCUT2D eigenvalue weighted by molar-refractivity contribution is 7.12. The highest BCUT2D eigenvalue weighted by atomic mass is 32.1. The Bertz CT molecular complexity index is 1220. The van der Waals surface area contributed by atoms with Crippen molar-refractivity contribution in [3.05, 3.63) is 81.4 Å². The number of hydrogen-bond donors (Lipinski definition) is 0. The lowest BCUT2D eigenvalue weighted by molar-refractivity contribution is -0.134. The van der Waals surface area contributed by atoms with E-state index in [4.69, 9.17) is 4.42 Å². The zero-order valence-corrected chi connectivity index (χ0v) is 15.5. The lowest BCUT2D eigenvalue weighted by Gasteiger charge is -2.19. The summed E-state index contributed by atoms with van der Waals surface area (Å²) in [6.45, 7) is -0.195. The van der Waals surface area contributed by atoms with Gasteiger partial charge in [-0.3, -0.25) is 9.20 Å². The number of carbonyl (C=O) groups is 1. The summed E-state index contributed by atoms with van der Waals surface area (Å²) in [6, 6.07) is 12.5. The van der Waals surface area contributed by atoms with E-state index in [0.29, 0.717) is 17.8 Å². The SMILES string of the molecule is O=C(Cn1nc2ccccn2c1=O)N1N=C(c2cccs2)CC1c1ccco1. The third-order valence-corrected chi connectivity index (χ3v) is 5.54. The van der Waals surface area contributed by atoms with Crippen LogP contribution in [0.2, 0.25) is 0 Å². The Morgan fingerprint density at radius 2 is 2.14 bits per heavy atom. The van der Waals surface area contributed by atoms with E-state index in [1.807, 2.05) is 23.6 Å². The molecule has 9 heteroatoms. The molecule has 140 valence electrons. The van der Waals surface area contributed by atoms with Crippen molar-refractivity contribution in [2.75, 3.05) is 0 Å². The van der Waals surface area contributed by atoms with Crippen LogP contribution in [0.3, 0.4) is 0 Å². The molecule has 0 saturated heterocycles. The molecule has 1 unspecified atom stereocenters. The highest BCUT2D eigenvalue weighted by Crippen LogP contribution is 2.34. The number of hydrogen-bond acceptors (Lipinski definition) is 6. The van der Waals surface area contributed by atoms with Crippen LogP contribution < -0.4 is 5.69 Å². The van der Waals surface area contributed by atoms with Gasteiger partial charge in [0.15, 0.2) is 5.65 Å². The minimum Gasteiger partial charge on any atom is -0.467 e. The predicted octanol–water partition coefficient (Wildman–Crippen LogP) is 2.53. The number of pyridine rings is 1. The normalized spacial score (nSPS) is 16.6. The molecule has 5 rings (SSSR count). The van der Waals surface area contributed by atoms with Crippen LogP contribution in [0, 0.1) is 0 Å². The molecule has 0 bridgehead atoms. The van der Waals surface area contributed by atoms with Crippen molar-refractivity contribution in [2.45, 2.75) is 19.0 Å². The standard InChI is InChI=1S/C19H15N5O3S/c25-18(12-23-19(26)22-8-2-1-7-17(22)21-23)24-14(15-5-3-9-27-15)11-13(20-24)16-6-4-10-28-16/h1-10,14H,11-12H2. The number of rotatable bonds is 4. The molecule has 0 radical (unpaired) electrons. The number of aromatic nitrogens is 3. The van der Waals surface area contributed by atoms with Crippen molar-refractivity contribution in [1.82, 2.24) is 19.2 Å². The summed E-state index contributed by atoms with van der Waals surface area (Å²) in [6.07, 6.45) is 3.76. The number of fused-ring (bicyclic) bond motifs is 1. The van der Waals surface area contributed by atoms with Crippen molar-refractivity contribution >= 4 is 28.6 Å². The van der Waals surface area contributed by atoms with Gasteiger partial charge in [0.05, 0.1) is 16.9 Å². The summed E-state index contributed by atoms with van der Waals surface area (Å²) in [7, 11) is 0. The largest absolute Gasteiger partial charge is 0.467 e. The van der Waals surface area contributed by atoms with Gasteiger partial charge in [-0.1, -0.05) is 12.1 Å². The fourth-order valence-corrected chi connectivity index (χ4v) is 4.03. The highest BCUT2D eigenvalue weighted by Gasteiger charge is 2.35. The second-order valence-corrected chi connectivity index (χ2v) is 7.31. The molecule has 0 fully saturated rings. The lowest BCUT2D eigenvalue weighted by Crippen LogP contribution is -2.34. The van der Waals surface area contributed by atoms with E-state index in [-0.39, 0.29) is 24.2 Å². The molecule has 0 saturated carbocycles. The summed E-state index contributed by atoms with van der Waals surface area (Å²) in [5, 5.41) is 12.2. The number of furan rings is 1. The number of amides is 1. The molecular weight excluding hydrogens is 378 g/mol. The van der Waals surface area contributed by atoms with Gasteiger partial charge in [0.25, 0.3) is 5.91 Å². The van der Waals surface area contributed by atoms with Crippen molar-refractivity contribution in [2.24, 2.45) is 5.10 Å². The van der Waals surface area contributed by atoms with Crippen LogP contribution in [0.15, 0.2) is 74.6 Å². The second-order valence-electron chi connectivity index (χ2n) is 6.37. The summed E-state index contributed by atoms with van der Waals surface area (Å²) in [4.78, 5) is 26.5. The Hall–Kier alpha value is -3.46. The van der Waals surface area contributed by atoms with Gasteiger partial charge in [-0.2, -0.15) is 5.10 Å². The molecular formula is C19H15N5O3S. The second kappa shape index (κ2) is 6.61. The minimum absolute atomic E-state index is 0.195. The van der Waals surface area contributed by atoms with Crippen molar-refractivity contribution in [3.8, 4) is 0 Å². The summed E-state index contributed by atoms with van der Waals surface area (Å²) in [5.41, 5.74) is 0.958. The van der Waals surface area contributed by atoms with E-state index in [9.17, 15) is 9.59 Å². The van der Waals surface area contributed by atoms with E-state index >= 15 is 0 Å². The first kappa shape index (κ1) is 16.7. The predicted molar refractivity (Wildman–Crippen MR) is 103 cm³/mol. The van der Waals surface area contributed by atoms with Gasteiger partial charge < -0.3 is 4.42 Å². The molecule has 8 nitrogen and oxygen atoms in total. The zero-order valence-electron chi connectivity index (χ0n) is 14.6. The van der Waals surface area contributed by atoms with Gasteiger partial charge >= 0.3 is 5.69 Å². The van der Waals surface area contributed by atoms with Gasteiger partial charge in [-0.25, -0.2) is 14.5 Å². The molecule has 4 aromatic rings. The van der Waals surface area contributed by atoms with Crippen LogP contribution in [0.25, 0.3) is 5.65 Å². The number of carbonyl (C=O) groups excluding carboxylic acids is 1. The number of thiophene rings is 1. The van der Waals surface area contributed by atoms with Crippen LogP contribution in [0.5, 0.6) is 0 Å². The maximum absolute atomic E-state index is 13.0. The van der Waals surface area contributed by atoms with Crippen molar-refractivity contribution < 1.29 is 9.21 Å². The quantitative estimate of drug-likeness (QED) is 0.533. The number of hydrazone groups is 1. The maximum atomic E-state index is 13.0. The molecule has 0 N–H and O–H groups in total. The Morgan fingerprint density at radius 3 is 2.89 bits per heavy atom. The molecule has 0 spiro atoms. The lowest BCUT2D eigenvalue weighted by atomic mass is 10.1. The van der Waals surface area contributed by atoms with Gasteiger partial charge in [0.2, 0.25) is 0 Å². The van der Waals surface area contributed by atoms with Crippen molar-refractivity contribution in [3.63, 3.8) is 0 Å². The van der Waals surface area contributed by atoms with Crippen LogP contribution in [0.4, 0.5) is 0 Å². The monoisotopic (exact) mass is 393 g/mol. The molecule has 4 aromatic heterocycles. The van der Waals surface area contributed by atoms with Crippen LogP contribution in [-0.4, -0.2) is 30.8 Å². The minimum atomic E-state index is -0.361. The molecule has 5 heterocycles. The van der Waals surface area contributed by atoms with Crippen LogP contribution in [0.1, 0.15) is 23.1 Å². The molecule has 1 amide bonds. The average Bonchev–Trinajstić information content (AvgIpc) is 3.49. The average molecular weight is 393 g/mol. The van der Waals surface area contributed by atoms with Gasteiger partial charge in [-0.15, -0.1) is 16.4 Å². The van der Waals surface area contributed by atoms with E-state index < -0.39 is 0 Å². The molecule has 1 aliphatic rings. The van der Waals surface area contributed by atoms with E-state index in [1.54, 1.807) is 48.1 Å². The molecule has 28 heavy (non-hydrogen) atoms. The van der Waals surface area contributed by atoms with Crippen LogP contribution >= 0.6 is 11.3 Å². The molecule has 1 aliphatic heterocycles. The smallest absolute Gasteiger partial charge is 0.350 e. The molecule has 0 aromatic carbocycles.